The highest BCUT2D eigenvalue weighted by atomic mass is 32.1. The molecule has 0 spiro atoms. The van der Waals surface area contributed by atoms with E-state index >= 15 is 0 Å². The Kier molecular flexibility index (Phi) is 4.35. The Morgan fingerprint density at radius 1 is 1.40 bits per heavy atom. The number of piperidine rings is 1. The van der Waals surface area contributed by atoms with Gasteiger partial charge in [-0.25, -0.2) is 14.8 Å². The summed E-state index contributed by atoms with van der Waals surface area (Å²) >= 11 is 1.74. The van der Waals surface area contributed by atoms with Crippen LogP contribution in [0.25, 0.3) is 10.2 Å². The minimum Gasteiger partial charge on any atom is -0.331 e. The van der Waals surface area contributed by atoms with E-state index in [0.29, 0.717) is 24.8 Å². The molecule has 0 saturated carbocycles. The number of likely N-dealkylation sites (tertiary alicyclic amines) is 1. The molecule has 1 aliphatic rings. The molecule has 3 heterocycles. The second kappa shape index (κ2) is 6.79. The zero-order chi connectivity index (χ0) is 17.2. The molecule has 8 heteroatoms. The van der Waals surface area contributed by atoms with Gasteiger partial charge in [-0.1, -0.05) is 12.1 Å². The van der Waals surface area contributed by atoms with Gasteiger partial charge in [0.25, 0.3) is 0 Å². The quantitative estimate of drug-likeness (QED) is 0.755. The zero-order valence-corrected chi connectivity index (χ0v) is 14.8. The van der Waals surface area contributed by atoms with Crippen molar-refractivity contribution in [2.24, 2.45) is 0 Å². The zero-order valence-electron chi connectivity index (χ0n) is 14.0. The number of thiazole rings is 1. The number of aromatic amines is 1. The lowest BCUT2D eigenvalue weighted by Gasteiger charge is -2.31. The van der Waals surface area contributed by atoms with Crippen molar-refractivity contribution < 1.29 is 4.79 Å². The van der Waals surface area contributed by atoms with E-state index in [-0.39, 0.29) is 6.03 Å². The van der Waals surface area contributed by atoms with Gasteiger partial charge in [-0.3, -0.25) is 5.10 Å². The average molecular weight is 356 g/mol. The molecular weight excluding hydrogens is 336 g/mol. The summed E-state index contributed by atoms with van der Waals surface area (Å²) in [5.74, 6) is 1.66. The second-order valence-electron chi connectivity index (χ2n) is 6.30. The molecule has 4 rings (SSSR count). The van der Waals surface area contributed by atoms with Crippen LogP contribution in [0.2, 0.25) is 0 Å². The molecule has 2 N–H and O–H groups in total. The fraction of sp³-hybridized carbons (Fsp3) is 0.412. The van der Waals surface area contributed by atoms with Crippen molar-refractivity contribution in [2.45, 2.75) is 32.2 Å². The number of fused-ring (bicyclic) bond motifs is 1. The Bertz CT molecular complexity index is 855. The van der Waals surface area contributed by atoms with E-state index in [2.05, 4.69) is 26.6 Å². The van der Waals surface area contributed by atoms with Crippen LogP contribution in [0, 0.1) is 6.92 Å². The van der Waals surface area contributed by atoms with E-state index in [9.17, 15) is 4.79 Å². The van der Waals surface area contributed by atoms with Gasteiger partial charge in [0, 0.05) is 19.0 Å². The van der Waals surface area contributed by atoms with Crippen LogP contribution in [0.15, 0.2) is 24.3 Å². The normalized spacial score (nSPS) is 17.8. The average Bonchev–Trinajstić information content (AvgIpc) is 3.25. The molecule has 1 aromatic carbocycles. The molecule has 0 unspecified atom stereocenters. The first kappa shape index (κ1) is 16.0. The Morgan fingerprint density at radius 3 is 3.08 bits per heavy atom. The molecule has 1 atom stereocenters. The van der Waals surface area contributed by atoms with Gasteiger partial charge in [0.1, 0.15) is 5.82 Å². The lowest BCUT2D eigenvalue weighted by molar-refractivity contribution is 0.179. The van der Waals surface area contributed by atoms with Crippen molar-refractivity contribution in [2.75, 3.05) is 13.1 Å². The van der Waals surface area contributed by atoms with Gasteiger partial charge in [0.15, 0.2) is 5.82 Å². The van der Waals surface area contributed by atoms with Gasteiger partial charge in [0.05, 0.1) is 21.8 Å². The molecule has 1 fully saturated rings. The monoisotopic (exact) mass is 356 g/mol. The molecule has 0 bridgehead atoms. The first-order chi connectivity index (χ1) is 12.2. The third kappa shape index (κ3) is 3.48. The molecule has 2 amide bonds. The van der Waals surface area contributed by atoms with Gasteiger partial charge in [0.2, 0.25) is 0 Å². The third-order valence-electron chi connectivity index (χ3n) is 4.41. The van der Waals surface area contributed by atoms with Gasteiger partial charge < -0.3 is 10.2 Å². The minimum atomic E-state index is -0.0618. The summed E-state index contributed by atoms with van der Waals surface area (Å²) in [5.41, 5.74) is 1.05. The number of aryl methyl sites for hydroxylation is 1. The highest BCUT2D eigenvalue weighted by molar-refractivity contribution is 7.18. The van der Waals surface area contributed by atoms with Crippen LogP contribution < -0.4 is 5.32 Å². The number of benzene rings is 1. The first-order valence-electron chi connectivity index (χ1n) is 8.45. The fourth-order valence-corrected chi connectivity index (χ4v) is 4.26. The predicted octanol–water partition coefficient (Wildman–Crippen LogP) is 2.81. The summed E-state index contributed by atoms with van der Waals surface area (Å²) in [6.45, 7) is 3.66. The number of nitrogens with one attached hydrogen (secondary N) is 2. The van der Waals surface area contributed by atoms with Gasteiger partial charge in [-0.2, -0.15) is 5.10 Å². The Morgan fingerprint density at radius 2 is 2.28 bits per heavy atom. The van der Waals surface area contributed by atoms with E-state index in [1.807, 2.05) is 30.0 Å². The van der Waals surface area contributed by atoms with Crippen LogP contribution in [0.3, 0.4) is 0 Å². The molecular formula is C17H20N6OS. The minimum absolute atomic E-state index is 0.0618. The maximum absolute atomic E-state index is 12.5. The number of para-hydroxylation sites is 1. The SMILES string of the molecule is Cc1nc(CNC(=O)N2CCC[C@@H](c3nc4ccccc4s3)C2)n[nH]1. The summed E-state index contributed by atoms with van der Waals surface area (Å²) in [5, 5.41) is 10.9. The Hall–Kier alpha value is -2.48. The largest absolute Gasteiger partial charge is 0.331 e. The van der Waals surface area contributed by atoms with Gasteiger partial charge in [-0.15, -0.1) is 11.3 Å². The van der Waals surface area contributed by atoms with Crippen molar-refractivity contribution in [3.05, 3.63) is 40.9 Å². The van der Waals surface area contributed by atoms with Crippen LogP contribution in [0.1, 0.15) is 35.4 Å². The topological polar surface area (TPSA) is 86.8 Å². The molecule has 0 aliphatic carbocycles. The molecule has 1 saturated heterocycles. The molecule has 130 valence electrons. The van der Waals surface area contributed by atoms with E-state index in [1.54, 1.807) is 11.3 Å². The second-order valence-corrected chi connectivity index (χ2v) is 7.36. The summed E-state index contributed by atoms with van der Waals surface area (Å²) in [4.78, 5) is 23.3. The number of rotatable bonds is 3. The van der Waals surface area contributed by atoms with Crippen LogP contribution in [0.4, 0.5) is 4.79 Å². The highest BCUT2D eigenvalue weighted by Crippen LogP contribution is 2.32. The highest BCUT2D eigenvalue weighted by Gasteiger charge is 2.27. The number of aromatic nitrogens is 4. The summed E-state index contributed by atoms with van der Waals surface area (Å²) in [6.07, 6.45) is 2.07. The summed E-state index contributed by atoms with van der Waals surface area (Å²) in [7, 11) is 0. The molecule has 7 nitrogen and oxygen atoms in total. The van der Waals surface area contributed by atoms with Gasteiger partial charge in [-0.05, 0) is 31.9 Å². The Labute approximate surface area is 149 Å². The van der Waals surface area contributed by atoms with Crippen molar-refractivity contribution in [3.63, 3.8) is 0 Å². The standard InChI is InChI=1S/C17H20N6OS/c1-11-19-15(22-21-11)9-18-17(24)23-8-4-5-12(10-23)16-20-13-6-2-3-7-14(13)25-16/h2-3,6-7,12H,4-5,8-10H2,1H3,(H,18,24)(H,19,21,22)/t12-/m1/s1. The maximum atomic E-state index is 12.5. The fourth-order valence-electron chi connectivity index (χ4n) is 3.16. The van der Waals surface area contributed by atoms with E-state index in [0.717, 1.165) is 35.7 Å². The van der Waals surface area contributed by atoms with Crippen LogP contribution >= 0.6 is 11.3 Å². The smallest absolute Gasteiger partial charge is 0.317 e. The number of nitrogens with zero attached hydrogens (tertiary/aromatic N) is 4. The molecule has 2 aromatic heterocycles. The lowest BCUT2D eigenvalue weighted by atomic mass is 9.99. The molecule has 0 radical (unpaired) electrons. The first-order valence-corrected chi connectivity index (χ1v) is 9.27. The van der Waals surface area contributed by atoms with Crippen LogP contribution in [-0.4, -0.2) is 44.2 Å². The molecule has 25 heavy (non-hydrogen) atoms. The van der Waals surface area contributed by atoms with Crippen molar-refractivity contribution in [1.29, 1.82) is 0 Å². The number of carbonyl (C=O) groups is 1. The molecule has 3 aromatic rings. The lowest BCUT2D eigenvalue weighted by Crippen LogP contribution is -2.44. The van der Waals surface area contributed by atoms with Crippen LogP contribution in [-0.2, 0) is 6.54 Å². The van der Waals surface area contributed by atoms with E-state index in [1.165, 1.54) is 4.70 Å². The predicted molar refractivity (Wildman–Crippen MR) is 96.5 cm³/mol. The van der Waals surface area contributed by atoms with E-state index in [4.69, 9.17) is 4.98 Å². The molecule has 1 aliphatic heterocycles. The van der Waals surface area contributed by atoms with Gasteiger partial charge >= 0.3 is 6.03 Å². The van der Waals surface area contributed by atoms with Crippen molar-refractivity contribution >= 4 is 27.6 Å². The summed E-state index contributed by atoms with van der Waals surface area (Å²) in [6, 6.07) is 8.13. The number of hydrogen-bond donors (Lipinski definition) is 2. The Balaban J connectivity index is 1.40. The number of carbonyl (C=O) groups excluding carboxylic acids is 1. The number of H-pyrrole nitrogens is 1. The number of urea groups is 1. The summed E-state index contributed by atoms with van der Waals surface area (Å²) < 4.78 is 1.21. The third-order valence-corrected chi connectivity index (χ3v) is 5.61. The number of hydrogen-bond acceptors (Lipinski definition) is 5. The van der Waals surface area contributed by atoms with Crippen molar-refractivity contribution in [3.8, 4) is 0 Å². The van der Waals surface area contributed by atoms with Crippen molar-refractivity contribution in [1.82, 2.24) is 30.4 Å². The maximum Gasteiger partial charge on any atom is 0.317 e. The number of amides is 2. The van der Waals surface area contributed by atoms with E-state index < -0.39 is 0 Å². The van der Waals surface area contributed by atoms with Crippen LogP contribution in [0.5, 0.6) is 0 Å².